The second-order valence-electron chi connectivity index (χ2n) is 6.22. The number of carbonyl (C=O) groups excluding carboxylic acids is 1. The van der Waals surface area contributed by atoms with E-state index in [-0.39, 0.29) is 11.8 Å². The van der Waals surface area contributed by atoms with Gasteiger partial charge in [-0.2, -0.15) is 0 Å². The minimum Gasteiger partial charge on any atom is -0.340 e. The summed E-state index contributed by atoms with van der Waals surface area (Å²) in [6.07, 6.45) is 0. The van der Waals surface area contributed by atoms with Gasteiger partial charge in [-0.15, -0.1) is 0 Å². The zero-order chi connectivity index (χ0) is 16.1. The van der Waals surface area contributed by atoms with E-state index in [9.17, 15) is 4.79 Å². The van der Waals surface area contributed by atoms with Crippen LogP contribution in [-0.4, -0.2) is 41.9 Å². The molecule has 1 unspecified atom stereocenters. The molecule has 1 heterocycles. The summed E-state index contributed by atoms with van der Waals surface area (Å²) in [6.45, 7) is 6.51. The minimum atomic E-state index is -0.0585. The van der Waals surface area contributed by atoms with E-state index in [1.807, 2.05) is 48.2 Å². The van der Waals surface area contributed by atoms with E-state index >= 15 is 0 Å². The third-order valence-electron chi connectivity index (χ3n) is 4.60. The van der Waals surface area contributed by atoms with Crippen LogP contribution in [0.5, 0.6) is 0 Å². The molecule has 0 bridgehead atoms. The highest BCUT2D eigenvalue weighted by Gasteiger charge is 2.25. The third kappa shape index (κ3) is 3.99. The molecule has 1 saturated heterocycles. The minimum absolute atomic E-state index is 0.0585. The van der Waals surface area contributed by atoms with Gasteiger partial charge in [-0.3, -0.25) is 9.69 Å². The largest absolute Gasteiger partial charge is 0.340 e. The lowest BCUT2D eigenvalue weighted by molar-refractivity contribution is -0.134. The molecule has 0 saturated carbocycles. The number of hydrogen-bond acceptors (Lipinski definition) is 2. The van der Waals surface area contributed by atoms with Crippen molar-refractivity contribution in [1.29, 1.82) is 0 Å². The highest BCUT2D eigenvalue weighted by molar-refractivity contribution is 5.83. The molecular weight excluding hydrogens is 284 g/mol. The lowest BCUT2D eigenvalue weighted by atomic mass is 9.99. The van der Waals surface area contributed by atoms with E-state index in [4.69, 9.17) is 0 Å². The topological polar surface area (TPSA) is 23.6 Å². The molecule has 2 aromatic rings. The molecule has 0 spiro atoms. The first-order valence-electron chi connectivity index (χ1n) is 8.34. The Kier molecular flexibility index (Phi) is 5.09. The first-order valence-corrected chi connectivity index (χ1v) is 8.34. The van der Waals surface area contributed by atoms with E-state index in [0.29, 0.717) is 0 Å². The van der Waals surface area contributed by atoms with Crippen molar-refractivity contribution in [1.82, 2.24) is 9.80 Å². The average molecular weight is 308 g/mol. The van der Waals surface area contributed by atoms with Crippen LogP contribution < -0.4 is 0 Å². The lowest BCUT2D eigenvalue weighted by Gasteiger charge is -2.36. The Labute approximate surface area is 138 Å². The Morgan fingerprint density at radius 1 is 0.913 bits per heavy atom. The number of nitrogens with zero attached hydrogens (tertiary/aromatic N) is 2. The fraction of sp³-hybridized carbons (Fsp3) is 0.350. The molecule has 0 N–H and O–H groups in total. The van der Waals surface area contributed by atoms with Crippen molar-refractivity contribution >= 4 is 5.91 Å². The van der Waals surface area contributed by atoms with Crippen LogP contribution in [0.3, 0.4) is 0 Å². The van der Waals surface area contributed by atoms with Gasteiger partial charge in [0.15, 0.2) is 0 Å². The van der Waals surface area contributed by atoms with Gasteiger partial charge in [0, 0.05) is 32.7 Å². The van der Waals surface area contributed by atoms with Crippen molar-refractivity contribution in [2.45, 2.75) is 19.4 Å². The van der Waals surface area contributed by atoms with Crippen molar-refractivity contribution in [3.05, 3.63) is 71.8 Å². The summed E-state index contributed by atoms with van der Waals surface area (Å²) in [5, 5.41) is 0. The fourth-order valence-corrected chi connectivity index (χ4v) is 3.13. The summed E-state index contributed by atoms with van der Waals surface area (Å²) in [7, 11) is 0. The molecule has 1 amide bonds. The summed E-state index contributed by atoms with van der Waals surface area (Å²) < 4.78 is 0. The zero-order valence-electron chi connectivity index (χ0n) is 13.7. The molecule has 2 aromatic carbocycles. The lowest BCUT2D eigenvalue weighted by Crippen LogP contribution is -2.49. The average Bonchev–Trinajstić information content (AvgIpc) is 2.63. The molecule has 120 valence electrons. The van der Waals surface area contributed by atoms with Gasteiger partial charge in [0.25, 0.3) is 0 Å². The van der Waals surface area contributed by atoms with Crippen LogP contribution in [0.4, 0.5) is 0 Å². The van der Waals surface area contributed by atoms with E-state index in [1.54, 1.807) is 0 Å². The van der Waals surface area contributed by atoms with Crippen molar-refractivity contribution < 1.29 is 4.79 Å². The van der Waals surface area contributed by atoms with Gasteiger partial charge < -0.3 is 4.90 Å². The molecule has 3 rings (SSSR count). The van der Waals surface area contributed by atoms with Gasteiger partial charge in [0.05, 0.1) is 5.92 Å². The molecule has 3 nitrogen and oxygen atoms in total. The van der Waals surface area contributed by atoms with Gasteiger partial charge in [-0.05, 0) is 18.1 Å². The summed E-state index contributed by atoms with van der Waals surface area (Å²) >= 11 is 0. The van der Waals surface area contributed by atoms with Crippen LogP contribution in [-0.2, 0) is 11.3 Å². The summed E-state index contributed by atoms with van der Waals surface area (Å²) in [5.74, 6) is 0.187. The van der Waals surface area contributed by atoms with Crippen molar-refractivity contribution in [3.63, 3.8) is 0 Å². The predicted molar refractivity (Wildman–Crippen MR) is 93.2 cm³/mol. The fourth-order valence-electron chi connectivity index (χ4n) is 3.13. The van der Waals surface area contributed by atoms with Gasteiger partial charge >= 0.3 is 0 Å². The van der Waals surface area contributed by atoms with E-state index < -0.39 is 0 Å². The van der Waals surface area contributed by atoms with Crippen molar-refractivity contribution in [2.24, 2.45) is 0 Å². The Balaban J connectivity index is 1.53. The molecule has 1 fully saturated rings. The van der Waals surface area contributed by atoms with Gasteiger partial charge in [0.2, 0.25) is 5.91 Å². The monoisotopic (exact) mass is 308 g/mol. The molecule has 23 heavy (non-hydrogen) atoms. The van der Waals surface area contributed by atoms with Gasteiger partial charge in [-0.25, -0.2) is 0 Å². The first kappa shape index (κ1) is 15.8. The number of piperazine rings is 1. The maximum Gasteiger partial charge on any atom is 0.229 e. The van der Waals surface area contributed by atoms with Gasteiger partial charge in [-0.1, -0.05) is 60.7 Å². The molecule has 3 heteroatoms. The molecule has 0 aliphatic carbocycles. The highest BCUT2D eigenvalue weighted by Crippen LogP contribution is 2.19. The van der Waals surface area contributed by atoms with Crippen molar-refractivity contribution in [2.75, 3.05) is 26.2 Å². The summed E-state index contributed by atoms with van der Waals surface area (Å²) in [4.78, 5) is 17.1. The Morgan fingerprint density at radius 3 is 2.09 bits per heavy atom. The standard InChI is InChI=1S/C20H24N2O/c1-17(19-10-6-3-7-11-19)20(23)22-14-12-21(13-15-22)16-18-8-4-2-5-9-18/h2-11,17H,12-16H2,1H3. The van der Waals surface area contributed by atoms with Crippen LogP contribution in [0.2, 0.25) is 0 Å². The summed E-state index contributed by atoms with van der Waals surface area (Å²) in [6, 6.07) is 20.6. The van der Waals surface area contributed by atoms with Crippen LogP contribution in [0, 0.1) is 0 Å². The molecule has 1 aliphatic rings. The Morgan fingerprint density at radius 2 is 1.48 bits per heavy atom. The van der Waals surface area contributed by atoms with Crippen LogP contribution in [0.25, 0.3) is 0 Å². The number of carbonyl (C=O) groups is 1. The van der Waals surface area contributed by atoms with E-state index in [2.05, 4.69) is 29.2 Å². The van der Waals surface area contributed by atoms with Crippen LogP contribution in [0.1, 0.15) is 24.0 Å². The molecule has 0 radical (unpaired) electrons. The van der Waals surface area contributed by atoms with Crippen LogP contribution in [0.15, 0.2) is 60.7 Å². The molecular formula is C20H24N2O. The quantitative estimate of drug-likeness (QED) is 0.866. The highest BCUT2D eigenvalue weighted by atomic mass is 16.2. The maximum absolute atomic E-state index is 12.7. The molecule has 1 aliphatic heterocycles. The Hall–Kier alpha value is -2.13. The second-order valence-corrected chi connectivity index (χ2v) is 6.22. The normalized spacial score (nSPS) is 17.0. The van der Waals surface area contributed by atoms with Gasteiger partial charge in [0.1, 0.15) is 0 Å². The molecule has 0 aromatic heterocycles. The third-order valence-corrected chi connectivity index (χ3v) is 4.60. The maximum atomic E-state index is 12.7. The Bertz CT molecular complexity index is 619. The van der Waals surface area contributed by atoms with E-state index in [1.165, 1.54) is 5.56 Å². The van der Waals surface area contributed by atoms with E-state index in [0.717, 1.165) is 38.3 Å². The summed E-state index contributed by atoms with van der Waals surface area (Å²) in [5.41, 5.74) is 2.44. The SMILES string of the molecule is CC(C(=O)N1CCN(Cc2ccccc2)CC1)c1ccccc1. The smallest absolute Gasteiger partial charge is 0.229 e. The number of rotatable bonds is 4. The molecule has 1 atom stereocenters. The number of hydrogen-bond donors (Lipinski definition) is 0. The van der Waals surface area contributed by atoms with Crippen molar-refractivity contribution in [3.8, 4) is 0 Å². The number of benzene rings is 2. The zero-order valence-corrected chi connectivity index (χ0v) is 13.7. The second kappa shape index (κ2) is 7.42. The predicted octanol–water partition coefficient (Wildman–Crippen LogP) is 3.13. The van der Waals surface area contributed by atoms with Crippen LogP contribution >= 0.6 is 0 Å². The first-order chi connectivity index (χ1) is 11.2. The number of amides is 1.